The maximum Gasteiger partial charge on any atom is 0.274 e. The lowest BCUT2D eigenvalue weighted by molar-refractivity contribution is 0.101. The molecule has 0 saturated heterocycles. The van der Waals surface area contributed by atoms with Crippen LogP contribution in [0.15, 0.2) is 67.0 Å². The standard InChI is InChI=1S/C19H16N4O2/c1-13-5-2-9-17(21-13)19(25)23-16-8-3-7-15(11-16)22-18(24)14-6-4-10-20-12-14/h2-12H,1H3,(H,22,24)(H,23,25). The van der Waals surface area contributed by atoms with Gasteiger partial charge in [0.05, 0.1) is 5.56 Å². The number of benzene rings is 1. The van der Waals surface area contributed by atoms with E-state index in [9.17, 15) is 9.59 Å². The minimum absolute atomic E-state index is 0.267. The number of pyridine rings is 2. The van der Waals surface area contributed by atoms with Gasteiger partial charge in [-0.2, -0.15) is 0 Å². The lowest BCUT2D eigenvalue weighted by atomic mass is 10.2. The highest BCUT2D eigenvalue weighted by Crippen LogP contribution is 2.17. The molecule has 1 aromatic carbocycles. The first-order chi connectivity index (χ1) is 12.1. The second-order valence-corrected chi connectivity index (χ2v) is 5.39. The van der Waals surface area contributed by atoms with E-state index in [1.807, 2.05) is 13.0 Å². The molecular formula is C19H16N4O2. The Morgan fingerprint density at radius 2 is 1.60 bits per heavy atom. The number of aryl methyl sites for hydroxylation is 1. The molecule has 25 heavy (non-hydrogen) atoms. The zero-order valence-corrected chi connectivity index (χ0v) is 13.6. The van der Waals surface area contributed by atoms with Gasteiger partial charge in [0.1, 0.15) is 5.69 Å². The number of anilines is 2. The van der Waals surface area contributed by atoms with Crippen LogP contribution in [0.1, 0.15) is 26.5 Å². The SMILES string of the molecule is Cc1cccc(C(=O)Nc2cccc(NC(=O)c3cccnc3)c2)n1. The molecule has 0 spiro atoms. The van der Waals surface area contributed by atoms with Crippen LogP contribution in [0.25, 0.3) is 0 Å². The fraction of sp³-hybridized carbons (Fsp3) is 0.0526. The number of carbonyl (C=O) groups excluding carboxylic acids is 2. The summed E-state index contributed by atoms with van der Waals surface area (Å²) in [7, 11) is 0. The number of carbonyl (C=O) groups is 2. The molecule has 2 amide bonds. The van der Waals surface area contributed by atoms with Gasteiger partial charge in [0.2, 0.25) is 0 Å². The third kappa shape index (κ3) is 4.26. The topological polar surface area (TPSA) is 84.0 Å². The first-order valence-electron chi connectivity index (χ1n) is 7.68. The Labute approximate surface area is 145 Å². The van der Waals surface area contributed by atoms with Gasteiger partial charge in [-0.1, -0.05) is 12.1 Å². The highest BCUT2D eigenvalue weighted by molar-refractivity contribution is 6.05. The predicted molar refractivity (Wildman–Crippen MR) is 95.6 cm³/mol. The molecule has 0 atom stereocenters. The van der Waals surface area contributed by atoms with Crippen LogP contribution in [0.5, 0.6) is 0 Å². The van der Waals surface area contributed by atoms with Crippen molar-refractivity contribution < 1.29 is 9.59 Å². The van der Waals surface area contributed by atoms with E-state index in [-0.39, 0.29) is 11.8 Å². The first-order valence-corrected chi connectivity index (χ1v) is 7.68. The lowest BCUT2D eigenvalue weighted by Crippen LogP contribution is -2.15. The van der Waals surface area contributed by atoms with Gasteiger partial charge in [0.25, 0.3) is 11.8 Å². The average molecular weight is 332 g/mol. The van der Waals surface area contributed by atoms with E-state index in [4.69, 9.17) is 0 Å². The summed E-state index contributed by atoms with van der Waals surface area (Å²) in [5.41, 5.74) is 2.71. The second kappa shape index (κ2) is 7.35. The minimum Gasteiger partial charge on any atom is -0.322 e. The van der Waals surface area contributed by atoms with Crippen LogP contribution in [-0.2, 0) is 0 Å². The first kappa shape index (κ1) is 16.3. The Kier molecular flexibility index (Phi) is 4.80. The summed E-state index contributed by atoms with van der Waals surface area (Å²) in [4.78, 5) is 32.5. The van der Waals surface area contributed by atoms with Crippen molar-refractivity contribution in [2.24, 2.45) is 0 Å². The molecule has 2 N–H and O–H groups in total. The summed E-state index contributed by atoms with van der Waals surface area (Å²) in [6, 6.07) is 15.5. The van der Waals surface area contributed by atoms with Crippen molar-refractivity contribution in [2.75, 3.05) is 10.6 Å². The summed E-state index contributed by atoms with van der Waals surface area (Å²) in [6.07, 6.45) is 3.09. The van der Waals surface area contributed by atoms with Crippen molar-refractivity contribution >= 4 is 23.2 Å². The molecule has 0 radical (unpaired) electrons. The van der Waals surface area contributed by atoms with E-state index < -0.39 is 0 Å². The molecule has 0 unspecified atom stereocenters. The monoisotopic (exact) mass is 332 g/mol. The molecule has 0 aliphatic carbocycles. The summed E-state index contributed by atoms with van der Waals surface area (Å²) < 4.78 is 0. The maximum absolute atomic E-state index is 12.3. The van der Waals surface area contributed by atoms with E-state index in [1.54, 1.807) is 54.7 Å². The maximum atomic E-state index is 12.3. The van der Waals surface area contributed by atoms with E-state index in [2.05, 4.69) is 20.6 Å². The van der Waals surface area contributed by atoms with Gasteiger partial charge in [0, 0.05) is 29.5 Å². The van der Waals surface area contributed by atoms with Crippen LogP contribution in [0, 0.1) is 6.92 Å². The van der Waals surface area contributed by atoms with Crippen molar-refractivity contribution in [1.29, 1.82) is 0 Å². The largest absolute Gasteiger partial charge is 0.322 e. The fourth-order valence-electron chi connectivity index (χ4n) is 2.24. The molecule has 0 saturated carbocycles. The summed E-state index contributed by atoms with van der Waals surface area (Å²) in [5.74, 6) is -0.573. The van der Waals surface area contributed by atoms with E-state index in [1.165, 1.54) is 6.20 Å². The Morgan fingerprint density at radius 1 is 0.880 bits per heavy atom. The molecule has 0 fully saturated rings. The van der Waals surface area contributed by atoms with Crippen molar-refractivity contribution in [3.63, 3.8) is 0 Å². The normalized spacial score (nSPS) is 10.1. The van der Waals surface area contributed by atoms with Crippen LogP contribution in [-0.4, -0.2) is 21.8 Å². The van der Waals surface area contributed by atoms with Gasteiger partial charge in [-0.3, -0.25) is 14.6 Å². The van der Waals surface area contributed by atoms with Gasteiger partial charge in [-0.05, 0) is 49.4 Å². The number of amides is 2. The minimum atomic E-state index is -0.306. The fourth-order valence-corrected chi connectivity index (χ4v) is 2.24. The van der Waals surface area contributed by atoms with Crippen LogP contribution in [0.4, 0.5) is 11.4 Å². The highest BCUT2D eigenvalue weighted by Gasteiger charge is 2.09. The Bertz CT molecular complexity index is 910. The summed E-state index contributed by atoms with van der Waals surface area (Å²) in [6.45, 7) is 1.82. The highest BCUT2D eigenvalue weighted by atomic mass is 16.2. The number of nitrogens with one attached hydrogen (secondary N) is 2. The molecule has 0 aliphatic rings. The molecule has 6 nitrogen and oxygen atoms in total. The summed E-state index contributed by atoms with van der Waals surface area (Å²) in [5, 5.41) is 5.55. The van der Waals surface area contributed by atoms with Crippen LogP contribution < -0.4 is 10.6 Å². The quantitative estimate of drug-likeness (QED) is 0.768. The Hall–Kier alpha value is -3.54. The van der Waals surface area contributed by atoms with Gasteiger partial charge >= 0.3 is 0 Å². The molecule has 2 heterocycles. The second-order valence-electron chi connectivity index (χ2n) is 5.39. The molecule has 3 rings (SSSR count). The van der Waals surface area contributed by atoms with Crippen molar-refractivity contribution in [2.45, 2.75) is 6.92 Å². The van der Waals surface area contributed by atoms with Crippen molar-refractivity contribution in [3.05, 3.63) is 83.9 Å². The van der Waals surface area contributed by atoms with E-state index in [0.717, 1.165) is 5.69 Å². The molecule has 124 valence electrons. The molecule has 2 aromatic heterocycles. The number of aromatic nitrogens is 2. The van der Waals surface area contributed by atoms with Gasteiger partial charge < -0.3 is 10.6 Å². The van der Waals surface area contributed by atoms with E-state index >= 15 is 0 Å². The third-order valence-electron chi connectivity index (χ3n) is 3.42. The Morgan fingerprint density at radius 3 is 2.28 bits per heavy atom. The van der Waals surface area contributed by atoms with E-state index in [0.29, 0.717) is 22.6 Å². The number of nitrogens with zero attached hydrogens (tertiary/aromatic N) is 2. The van der Waals surface area contributed by atoms with Gasteiger partial charge in [0.15, 0.2) is 0 Å². The Balaban J connectivity index is 1.71. The molecule has 6 heteroatoms. The summed E-state index contributed by atoms with van der Waals surface area (Å²) >= 11 is 0. The van der Waals surface area contributed by atoms with Crippen LogP contribution in [0.3, 0.4) is 0 Å². The molecular weight excluding hydrogens is 316 g/mol. The van der Waals surface area contributed by atoms with Crippen molar-refractivity contribution in [1.82, 2.24) is 9.97 Å². The zero-order valence-electron chi connectivity index (χ0n) is 13.6. The van der Waals surface area contributed by atoms with Gasteiger partial charge in [-0.15, -0.1) is 0 Å². The molecule has 0 aliphatic heterocycles. The average Bonchev–Trinajstić information content (AvgIpc) is 2.63. The predicted octanol–water partition coefficient (Wildman–Crippen LogP) is 3.29. The number of rotatable bonds is 4. The zero-order chi connectivity index (χ0) is 17.6. The lowest BCUT2D eigenvalue weighted by Gasteiger charge is -2.09. The third-order valence-corrected chi connectivity index (χ3v) is 3.42. The van der Waals surface area contributed by atoms with Gasteiger partial charge in [-0.25, -0.2) is 4.98 Å². The molecule has 0 bridgehead atoms. The van der Waals surface area contributed by atoms with Crippen molar-refractivity contribution in [3.8, 4) is 0 Å². The van der Waals surface area contributed by atoms with Crippen LogP contribution in [0.2, 0.25) is 0 Å². The number of hydrogen-bond acceptors (Lipinski definition) is 4. The number of hydrogen-bond donors (Lipinski definition) is 2. The molecule has 3 aromatic rings. The van der Waals surface area contributed by atoms with Crippen LogP contribution >= 0.6 is 0 Å². The smallest absolute Gasteiger partial charge is 0.274 e.